The van der Waals surface area contributed by atoms with Gasteiger partial charge in [-0.15, -0.1) is 6.58 Å². The number of amides is 2. The molecule has 1 atom stereocenters. The number of carbonyl (C=O) groups is 1. The van der Waals surface area contributed by atoms with Gasteiger partial charge in [-0.2, -0.15) is 5.26 Å². The van der Waals surface area contributed by atoms with Crippen LogP contribution >= 0.6 is 0 Å². The molecule has 3 rings (SSSR count). The smallest absolute Gasteiger partial charge is 0.322 e. The zero-order valence-corrected chi connectivity index (χ0v) is 17.0. The van der Waals surface area contributed by atoms with Gasteiger partial charge in [-0.25, -0.2) is 4.79 Å². The third-order valence-corrected chi connectivity index (χ3v) is 5.06. The highest BCUT2D eigenvalue weighted by Gasteiger charge is 2.41. The highest BCUT2D eigenvalue weighted by Crippen LogP contribution is 2.41. The van der Waals surface area contributed by atoms with Crippen LogP contribution in [-0.4, -0.2) is 20.2 Å². The standard InChI is InChI=1S/C25H23N3O2/c1-4-25(20-8-6-5-7-9-20,21-12-10-19(18-26)11-13-21)28(24(29)27-2)22-14-16-23(30-3)17-15-22/h4-17H,1H2,2-3H3,(H,27,29)/t25-/m0/s1. The molecule has 0 fully saturated rings. The number of methoxy groups -OCH3 is 1. The topological polar surface area (TPSA) is 65.4 Å². The Hall–Kier alpha value is -4.04. The number of nitrogens with zero attached hydrogens (tertiary/aromatic N) is 2. The van der Waals surface area contributed by atoms with Gasteiger partial charge in [-0.05, 0) is 47.5 Å². The Morgan fingerprint density at radius 3 is 2.13 bits per heavy atom. The minimum absolute atomic E-state index is 0.298. The number of anilines is 1. The van der Waals surface area contributed by atoms with E-state index in [1.54, 1.807) is 37.3 Å². The van der Waals surface area contributed by atoms with Crippen LogP contribution in [0.3, 0.4) is 0 Å². The van der Waals surface area contributed by atoms with Crippen molar-refractivity contribution >= 4 is 11.7 Å². The number of hydrogen-bond donors (Lipinski definition) is 1. The van der Waals surface area contributed by atoms with Gasteiger partial charge in [-0.1, -0.05) is 48.5 Å². The largest absolute Gasteiger partial charge is 0.497 e. The van der Waals surface area contributed by atoms with Crippen molar-refractivity contribution in [2.45, 2.75) is 5.54 Å². The molecule has 0 aromatic heterocycles. The molecule has 3 aromatic carbocycles. The number of nitriles is 1. The maximum absolute atomic E-state index is 13.2. The summed E-state index contributed by atoms with van der Waals surface area (Å²) >= 11 is 0. The van der Waals surface area contributed by atoms with Crippen LogP contribution in [0.2, 0.25) is 0 Å². The number of nitrogens with one attached hydrogen (secondary N) is 1. The van der Waals surface area contributed by atoms with E-state index in [-0.39, 0.29) is 6.03 Å². The first kappa shape index (κ1) is 20.7. The number of urea groups is 1. The molecule has 150 valence electrons. The van der Waals surface area contributed by atoms with Gasteiger partial charge in [0.2, 0.25) is 0 Å². The Morgan fingerprint density at radius 2 is 1.63 bits per heavy atom. The zero-order chi connectivity index (χ0) is 21.6. The molecule has 0 aliphatic carbocycles. The van der Waals surface area contributed by atoms with E-state index >= 15 is 0 Å². The van der Waals surface area contributed by atoms with Crippen LogP contribution < -0.4 is 15.0 Å². The van der Waals surface area contributed by atoms with Crippen LogP contribution in [-0.2, 0) is 5.54 Å². The summed E-state index contributed by atoms with van der Waals surface area (Å²) in [6.07, 6.45) is 1.75. The fraction of sp³-hybridized carbons (Fsp3) is 0.120. The Bertz CT molecular complexity index is 1050. The normalized spacial score (nSPS) is 12.2. The van der Waals surface area contributed by atoms with Crippen molar-refractivity contribution in [1.29, 1.82) is 5.26 Å². The third kappa shape index (κ3) is 3.63. The molecule has 0 bridgehead atoms. The second-order valence-electron chi connectivity index (χ2n) is 6.61. The first-order valence-electron chi connectivity index (χ1n) is 9.46. The second-order valence-corrected chi connectivity index (χ2v) is 6.61. The van der Waals surface area contributed by atoms with Crippen molar-refractivity contribution in [3.05, 3.63) is 108 Å². The van der Waals surface area contributed by atoms with Crippen LogP contribution in [0.1, 0.15) is 16.7 Å². The van der Waals surface area contributed by atoms with Crippen molar-refractivity contribution in [2.75, 3.05) is 19.1 Å². The van der Waals surface area contributed by atoms with E-state index in [1.165, 1.54) is 0 Å². The summed E-state index contributed by atoms with van der Waals surface area (Å²) < 4.78 is 5.27. The number of rotatable bonds is 6. The Labute approximate surface area is 176 Å². The van der Waals surface area contributed by atoms with Gasteiger partial charge in [0.05, 0.1) is 18.7 Å². The fourth-order valence-corrected chi connectivity index (χ4v) is 3.57. The lowest BCUT2D eigenvalue weighted by molar-refractivity contribution is 0.244. The first-order valence-corrected chi connectivity index (χ1v) is 9.46. The third-order valence-electron chi connectivity index (χ3n) is 5.06. The molecule has 0 radical (unpaired) electrons. The summed E-state index contributed by atoms with van der Waals surface area (Å²) in [4.78, 5) is 14.9. The molecule has 5 heteroatoms. The van der Waals surface area contributed by atoms with E-state index < -0.39 is 5.54 Å². The van der Waals surface area contributed by atoms with Crippen LogP contribution in [0.5, 0.6) is 5.75 Å². The molecule has 2 amide bonds. The van der Waals surface area contributed by atoms with Gasteiger partial charge in [0.25, 0.3) is 0 Å². The zero-order valence-electron chi connectivity index (χ0n) is 17.0. The Kier molecular flexibility index (Phi) is 6.19. The van der Waals surface area contributed by atoms with Gasteiger partial charge >= 0.3 is 6.03 Å². The molecule has 0 saturated heterocycles. The van der Waals surface area contributed by atoms with Gasteiger partial charge < -0.3 is 10.1 Å². The number of hydrogen-bond acceptors (Lipinski definition) is 3. The fourth-order valence-electron chi connectivity index (χ4n) is 3.57. The predicted octanol–water partition coefficient (Wildman–Crippen LogP) is 4.84. The number of ether oxygens (including phenoxy) is 1. The van der Waals surface area contributed by atoms with Crippen LogP contribution in [0.25, 0.3) is 0 Å². The molecule has 0 aliphatic heterocycles. The van der Waals surface area contributed by atoms with Crippen LogP contribution in [0.4, 0.5) is 10.5 Å². The summed E-state index contributed by atoms with van der Waals surface area (Å²) in [5, 5.41) is 12.0. The summed E-state index contributed by atoms with van der Waals surface area (Å²) in [6.45, 7) is 4.11. The summed E-state index contributed by atoms with van der Waals surface area (Å²) in [6, 6.07) is 26.0. The SMILES string of the molecule is C=C[C@](c1ccccc1)(c1ccc(C#N)cc1)N(C(=O)NC)c1ccc(OC)cc1. The predicted molar refractivity (Wildman–Crippen MR) is 119 cm³/mol. The quantitative estimate of drug-likeness (QED) is 0.605. The summed E-state index contributed by atoms with van der Waals surface area (Å²) in [5.41, 5.74) is 1.87. The Morgan fingerprint density at radius 1 is 1.03 bits per heavy atom. The van der Waals surface area contributed by atoms with E-state index in [9.17, 15) is 10.1 Å². The number of carbonyl (C=O) groups excluding carboxylic acids is 1. The van der Waals surface area contributed by atoms with E-state index in [0.29, 0.717) is 17.0 Å². The van der Waals surface area contributed by atoms with Gasteiger partial charge in [0, 0.05) is 12.7 Å². The average Bonchev–Trinajstić information content (AvgIpc) is 2.83. The lowest BCUT2D eigenvalue weighted by atomic mass is 9.80. The maximum Gasteiger partial charge on any atom is 0.322 e. The highest BCUT2D eigenvalue weighted by atomic mass is 16.5. The second kappa shape index (κ2) is 8.97. The molecular formula is C25H23N3O2. The van der Waals surface area contributed by atoms with E-state index in [1.807, 2.05) is 66.7 Å². The molecule has 0 heterocycles. The monoisotopic (exact) mass is 397 g/mol. The highest BCUT2D eigenvalue weighted by molar-refractivity contribution is 5.95. The van der Waals surface area contributed by atoms with Crippen LogP contribution in [0, 0.1) is 11.3 Å². The number of benzene rings is 3. The van der Waals surface area contributed by atoms with E-state index in [2.05, 4.69) is 18.0 Å². The van der Waals surface area contributed by atoms with Crippen molar-refractivity contribution in [2.24, 2.45) is 0 Å². The molecule has 5 nitrogen and oxygen atoms in total. The molecule has 0 aliphatic rings. The maximum atomic E-state index is 13.2. The molecule has 0 unspecified atom stereocenters. The lowest BCUT2D eigenvalue weighted by Gasteiger charge is -2.42. The van der Waals surface area contributed by atoms with Gasteiger partial charge in [0.15, 0.2) is 0 Å². The van der Waals surface area contributed by atoms with E-state index in [4.69, 9.17) is 4.74 Å². The van der Waals surface area contributed by atoms with Gasteiger partial charge in [0.1, 0.15) is 11.3 Å². The molecule has 30 heavy (non-hydrogen) atoms. The van der Waals surface area contributed by atoms with Crippen LogP contribution in [0.15, 0.2) is 91.5 Å². The lowest BCUT2D eigenvalue weighted by Crippen LogP contribution is -2.52. The van der Waals surface area contributed by atoms with Gasteiger partial charge in [-0.3, -0.25) is 4.90 Å². The molecular weight excluding hydrogens is 374 g/mol. The minimum Gasteiger partial charge on any atom is -0.497 e. The van der Waals surface area contributed by atoms with Crippen molar-refractivity contribution in [3.8, 4) is 11.8 Å². The molecule has 0 spiro atoms. The van der Waals surface area contributed by atoms with Crippen molar-refractivity contribution in [3.63, 3.8) is 0 Å². The Balaban J connectivity index is 2.32. The van der Waals surface area contributed by atoms with Crippen molar-refractivity contribution in [1.82, 2.24) is 5.32 Å². The average molecular weight is 397 g/mol. The summed E-state index contributed by atoms with van der Waals surface area (Å²) in [5.74, 6) is 0.692. The molecule has 1 N–H and O–H groups in total. The van der Waals surface area contributed by atoms with E-state index in [0.717, 1.165) is 11.1 Å². The van der Waals surface area contributed by atoms with Crippen molar-refractivity contribution < 1.29 is 9.53 Å². The summed E-state index contributed by atoms with van der Waals surface area (Å²) in [7, 11) is 3.19. The molecule has 3 aromatic rings. The molecule has 0 saturated carbocycles. The minimum atomic E-state index is -1.01. The first-order chi connectivity index (χ1) is 14.6.